The van der Waals surface area contributed by atoms with Crippen LogP contribution in [0.1, 0.15) is 44.3 Å². The maximum atomic E-state index is 9.99. The molecule has 0 amide bonds. The van der Waals surface area contributed by atoms with Gasteiger partial charge in [0.2, 0.25) is 0 Å². The van der Waals surface area contributed by atoms with Gasteiger partial charge in [-0.05, 0) is 37.0 Å². The van der Waals surface area contributed by atoms with Gasteiger partial charge in [0.1, 0.15) is 5.75 Å². The minimum atomic E-state index is -0.437. The van der Waals surface area contributed by atoms with Crippen LogP contribution in [0.4, 0.5) is 0 Å². The van der Waals surface area contributed by atoms with Gasteiger partial charge in [0.25, 0.3) is 0 Å². The van der Waals surface area contributed by atoms with Crippen LogP contribution in [0, 0.1) is 5.92 Å². The van der Waals surface area contributed by atoms with E-state index in [2.05, 4.69) is 0 Å². The fraction of sp³-hybridized carbons (Fsp3) is 0.625. The van der Waals surface area contributed by atoms with Crippen molar-refractivity contribution in [2.75, 3.05) is 6.61 Å². The van der Waals surface area contributed by atoms with E-state index in [9.17, 15) is 10.2 Å². The number of ether oxygens (including phenoxy) is 1. The Labute approximate surface area is 125 Å². The van der Waals surface area contributed by atoms with Crippen LogP contribution in [0.5, 0.6) is 5.75 Å². The Kier molecular flexibility index (Phi) is 5.70. The zero-order valence-corrected chi connectivity index (χ0v) is 12.6. The van der Waals surface area contributed by atoms with Gasteiger partial charge in [-0.2, -0.15) is 0 Å². The predicted molar refractivity (Wildman–Crippen MR) is 80.2 cm³/mol. The summed E-state index contributed by atoms with van der Waals surface area (Å²) >= 11 is 6.04. The van der Waals surface area contributed by atoms with Crippen molar-refractivity contribution in [1.29, 1.82) is 0 Å². The summed E-state index contributed by atoms with van der Waals surface area (Å²) < 4.78 is 5.75. The highest BCUT2D eigenvalue weighted by Crippen LogP contribution is 2.31. The molecule has 1 aromatic carbocycles. The van der Waals surface area contributed by atoms with Crippen molar-refractivity contribution in [2.24, 2.45) is 5.92 Å². The van der Waals surface area contributed by atoms with Crippen LogP contribution in [0.15, 0.2) is 24.3 Å². The Morgan fingerprint density at radius 3 is 2.85 bits per heavy atom. The summed E-state index contributed by atoms with van der Waals surface area (Å²) in [5.74, 6) is 0.838. The summed E-state index contributed by atoms with van der Waals surface area (Å²) in [5.41, 5.74) is 0.881. The van der Waals surface area contributed by atoms with E-state index in [1.807, 2.05) is 31.2 Å². The lowest BCUT2D eigenvalue weighted by Crippen LogP contribution is -2.20. The Morgan fingerprint density at radius 2 is 2.20 bits per heavy atom. The molecule has 3 nitrogen and oxygen atoms in total. The number of alkyl halides is 1. The molecule has 0 aliphatic heterocycles. The van der Waals surface area contributed by atoms with Crippen molar-refractivity contribution in [2.45, 2.75) is 50.2 Å². The molecule has 1 aromatic rings. The molecule has 0 saturated heterocycles. The summed E-state index contributed by atoms with van der Waals surface area (Å²) in [7, 11) is 0. The third-order valence-corrected chi connectivity index (χ3v) is 4.23. The van der Waals surface area contributed by atoms with Crippen molar-refractivity contribution in [3.63, 3.8) is 0 Å². The molecule has 1 aliphatic rings. The van der Waals surface area contributed by atoms with Gasteiger partial charge in [0.05, 0.1) is 18.8 Å². The van der Waals surface area contributed by atoms with Crippen LogP contribution >= 0.6 is 11.6 Å². The second-order valence-electron chi connectivity index (χ2n) is 5.58. The van der Waals surface area contributed by atoms with E-state index in [0.717, 1.165) is 30.6 Å². The highest BCUT2D eigenvalue weighted by molar-refractivity contribution is 6.20. The third kappa shape index (κ3) is 4.11. The smallest absolute Gasteiger partial charge is 0.119 e. The van der Waals surface area contributed by atoms with E-state index in [1.165, 1.54) is 0 Å². The lowest BCUT2D eigenvalue weighted by molar-refractivity contribution is 0.0983. The summed E-state index contributed by atoms with van der Waals surface area (Å²) in [5, 5.41) is 19.9. The van der Waals surface area contributed by atoms with Gasteiger partial charge >= 0.3 is 0 Å². The second-order valence-corrected chi connectivity index (χ2v) is 6.20. The first-order chi connectivity index (χ1) is 9.60. The highest BCUT2D eigenvalue weighted by Gasteiger charge is 2.32. The number of benzene rings is 1. The number of halogens is 1. The average molecular weight is 299 g/mol. The summed E-state index contributed by atoms with van der Waals surface area (Å²) in [6.45, 7) is 2.52. The monoisotopic (exact) mass is 298 g/mol. The van der Waals surface area contributed by atoms with E-state index in [1.54, 1.807) is 0 Å². The molecule has 0 bridgehead atoms. The zero-order chi connectivity index (χ0) is 14.5. The van der Waals surface area contributed by atoms with Gasteiger partial charge in [-0.1, -0.05) is 25.5 Å². The lowest BCUT2D eigenvalue weighted by atomic mass is 10.1. The fourth-order valence-corrected chi connectivity index (χ4v) is 3.08. The Hall–Kier alpha value is -0.770. The highest BCUT2D eigenvalue weighted by atomic mass is 35.5. The molecular formula is C16H23ClO3. The quantitative estimate of drug-likeness (QED) is 0.793. The molecule has 20 heavy (non-hydrogen) atoms. The maximum absolute atomic E-state index is 9.99. The molecule has 2 N–H and O–H groups in total. The van der Waals surface area contributed by atoms with Gasteiger partial charge in [0, 0.05) is 11.3 Å². The first-order valence-electron chi connectivity index (χ1n) is 7.33. The first kappa shape index (κ1) is 15.6. The molecule has 4 heteroatoms. The summed E-state index contributed by atoms with van der Waals surface area (Å²) in [6, 6.07) is 7.55. The second kappa shape index (κ2) is 7.30. The molecule has 4 atom stereocenters. The summed E-state index contributed by atoms with van der Waals surface area (Å²) in [6.07, 6.45) is 2.32. The van der Waals surface area contributed by atoms with Gasteiger partial charge in [-0.3, -0.25) is 0 Å². The van der Waals surface area contributed by atoms with Crippen LogP contribution in [0.3, 0.4) is 0 Å². The number of aliphatic hydroxyl groups excluding tert-OH is 2. The van der Waals surface area contributed by atoms with Crippen LogP contribution in [0.2, 0.25) is 0 Å². The van der Waals surface area contributed by atoms with E-state index in [0.29, 0.717) is 13.0 Å². The molecule has 112 valence electrons. The minimum absolute atomic E-state index is 0.0521. The zero-order valence-electron chi connectivity index (χ0n) is 11.8. The number of hydrogen-bond donors (Lipinski definition) is 2. The van der Waals surface area contributed by atoms with E-state index >= 15 is 0 Å². The Bertz CT molecular complexity index is 424. The summed E-state index contributed by atoms with van der Waals surface area (Å²) in [4.78, 5) is 0. The molecule has 0 heterocycles. The van der Waals surface area contributed by atoms with Crippen molar-refractivity contribution in [3.05, 3.63) is 29.8 Å². The first-order valence-corrected chi connectivity index (χ1v) is 7.76. The van der Waals surface area contributed by atoms with Crippen LogP contribution in [-0.4, -0.2) is 28.3 Å². The topological polar surface area (TPSA) is 49.7 Å². The molecule has 2 rings (SSSR count). The maximum Gasteiger partial charge on any atom is 0.119 e. The lowest BCUT2D eigenvalue weighted by Gasteiger charge is -2.16. The number of hydrogen-bond acceptors (Lipinski definition) is 3. The molecular weight excluding hydrogens is 276 g/mol. The predicted octanol–water partition coefficient (Wildman–Crippen LogP) is 3.28. The fourth-order valence-electron chi connectivity index (χ4n) is 2.67. The largest absolute Gasteiger partial charge is 0.493 e. The number of rotatable bonds is 6. The molecule has 1 aliphatic carbocycles. The van der Waals surface area contributed by atoms with Gasteiger partial charge in [-0.15, -0.1) is 11.6 Å². The van der Waals surface area contributed by atoms with Crippen LogP contribution in [-0.2, 0) is 0 Å². The standard InChI is InChI=1S/C16H23ClO3/c1-2-4-15(18)11-5-3-6-14(8-11)20-10-12-7-13(17)9-16(12)19/h3,5-6,8,12-13,15-16,18-19H,2,4,7,9-10H2,1H3/t12-,13-,15?,16+/m0/s1. The SMILES string of the molecule is CCCC(O)c1cccc(OC[C@@H]2C[C@H](Cl)C[C@H]2O)c1. The molecule has 0 aromatic heterocycles. The van der Waals surface area contributed by atoms with E-state index in [-0.39, 0.29) is 17.4 Å². The van der Waals surface area contributed by atoms with Crippen molar-refractivity contribution in [3.8, 4) is 5.75 Å². The molecule has 1 unspecified atom stereocenters. The van der Waals surface area contributed by atoms with E-state index < -0.39 is 6.10 Å². The minimum Gasteiger partial charge on any atom is -0.493 e. The van der Waals surface area contributed by atoms with Crippen molar-refractivity contribution in [1.82, 2.24) is 0 Å². The molecule has 1 saturated carbocycles. The molecule has 0 radical (unpaired) electrons. The van der Waals surface area contributed by atoms with Crippen LogP contribution in [0.25, 0.3) is 0 Å². The average Bonchev–Trinajstić information content (AvgIpc) is 2.75. The number of aliphatic hydroxyl groups is 2. The molecule has 0 spiro atoms. The third-order valence-electron chi connectivity index (χ3n) is 3.87. The van der Waals surface area contributed by atoms with Crippen LogP contribution < -0.4 is 4.74 Å². The Morgan fingerprint density at radius 1 is 1.40 bits per heavy atom. The van der Waals surface area contributed by atoms with E-state index in [4.69, 9.17) is 16.3 Å². The van der Waals surface area contributed by atoms with Gasteiger partial charge in [0.15, 0.2) is 0 Å². The molecule has 1 fully saturated rings. The van der Waals surface area contributed by atoms with Crippen molar-refractivity contribution >= 4 is 11.6 Å². The normalized spacial score (nSPS) is 27.5. The Balaban J connectivity index is 1.91. The van der Waals surface area contributed by atoms with Gasteiger partial charge in [-0.25, -0.2) is 0 Å². The van der Waals surface area contributed by atoms with Gasteiger partial charge < -0.3 is 14.9 Å². The van der Waals surface area contributed by atoms with Crippen molar-refractivity contribution < 1.29 is 14.9 Å².